The van der Waals surface area contributed by atoms with Crippen LogP contribution in [0.3, 0.4) is 0 Å². The molecule has 0 bridgehead atoms. The Kier molecular flexibility index (Phi) is 6.12. The summed E-state index contributed by atoms with van der Waals surface area (Å²) in [6.45, 7) is 0.516. The molecular weight excluding hydrogens is 459 g/mol. The Bertz CT molecular complexity index is 1200. The fourth-order valence-corrected chi connectivity index (χ4v) is 5.13. The van der Waals surface area contributed by atoms with Crippen molar-refractivity contribution < 1.29 is 22.7 Å². The van der Waals surface area contributed by atoms with Gasteiger partial charge in [0.05, 0.1) is 25.4 Å². The van der Waals surface area contributed by atoms with Crippen LogP contribution in [0.5, 0.6) is 5.75 Å². The molecule has 5 rings (SSSR count). The number of hydrogen-bond acceptors (Lipinski definition) is 5. The van der Waals surface area contributed by atoms with E-state index in [1.807, 2.05) is 12.1 Å². The smallest absolute Gasteiger partial charge is 0.410 e. The predicted molar refractivity (Wildman–Crippen MR) is 123 cm³/mol. The van der Waals surface area contributed by atoms with Gasteiger partial charge in [0.2, 0.25) is 0 Å². The van der Waals surface area contributed by atoms with Crippen molar-refractivity contribution in [1.29, 1.82) is 0 Å². The molecule has 2 aliphatic rings. The van der Waals surface area contributed by atoms with E-state index in [-0.39, 0.29) is 29.8 Å². The first-order valence-electron chi connectivity index (χ1n) is 11.6. The molecule has 1 amide bonds. The molecule has 1 fully saturated rings. The standard InChI is InChI=1S/C25H26F3N5O2/c1-35-21-10-3-2-8-17(21)19-13-22(25(26,27)28)33-23(31-19)18(15-30-33)24(34)32-12-5-4-9-20(32)16-7-6-11-29-14-16/h2-3,6-8,10-11,14-15,19-20,22,31H,4-5,9,12-13H2,1H3/t19-,20-,22+/m1/s1. The van der Waals surface area contributed by atoms with Crippen LogP contribution in [0.25, 0.3) is 0 Å². The second-order valence-electron chi connectivity index (χ2n) is 8.88. The number of anilines is 1. The molecule has 0 saturated carbocycles. The lowest BCUT2D eigenvalue weighted by Crippen LogP contribution is -2.40. The monoisotopic (exact) mass is 485 g/mol. The zero-order valence-electron chi connectivity index (χ0n) is 19.2. The highest BCUT2D eigenvalue weighted by Gasteiger charge is 2.48. The number of carbonyl (C=O) groups excluding carboxylic acids is 1. The van der Waals surface area contributed by atoms with Crippen LogP contribution in [0.4, 0.5) is 19.0 Å². The molecule has 4 heterocycles. The van der Waals surface area contributed by atoms with Crippen molar-refractivity contribution in [2.75, 3.05) is 19.0 Å². The van der Waals surface area contributed by atoms with Crippen molar-refractivity contribution in [1.82, 2.24) is 19.7 Å². The second-order valence-corrected chi connectivity index (χ2v) is 8.88. The molecule has 1 N–H and O–H groups in total. The molecule has 1 saturated heterocycles. The number of nitrogens with zero attached hydrogens (tertiary/aromatic N) is 4. The van der Waals surface area contributed by atoms with Gasteiger partial charge in [-0.15, -0.1) is 0 Å². The van der Waals surface area contributed by atoms with Gasteiger partial charge in [0.25, 0.3) is 5.91 Å². The van der Waals surface area contributed by atoms with E-state index in [0.717, 1.165) is 29.5 Å². The van der Waals surface area contributed by atoms with E-state index < -0.39 is 18.3 Å². The lowest BCUT2D eigenvalue weighted by Gasteiger charge is -2.37. The number of methoxy groups -OCH3 is 1. The number of carbonyl (C=O) groups is 1. The molecule has 1 aromatic carbocycles. The Balaban J connectivity index is 1.53. The van der Waals surface area contributed by atoms with E-state index in [9.17, 15) is 18.0 Å². The minimum atomic E-state index is -4.53. The third kappa shape index (κ3) is 4.33. The molecule has 184 valence electrons. The average molecular weight is 486 g/mol. The number of para-hydroxylation sites is 1. The average Bonchev–Trinajstić information content (AvgIpc) is 3.31. The number of fused-ring (bicyclic) bond motifs is 1. The number of nitrogens with one attached hydrogen (secondary N) is 1. The van der Waals surface area contributed by atoms with E-state index in [1.165, 1.54) is 13.3 Å². The number of hydrogen-bond donors (Lipinski definition) is 1. The Morgan fingerprint density at radius 2 is 1.97 bits per heavy atom. The summed E-state index contributed by atoms with van der Waals surface area (Å²) in [5.41, 5.74) is 1.64. The normalized spacial score (nSPS) is 22.3. The Morgan fingerprint density at radius 1 is 1.14 bits per heavy atom. The van der Waals surface area contributed by atoms with Crippen LogP contribution in [0, 0.1) is 0 Å². The van der Waals surface area contributed by atoms with E-state index in [4.69, 9.17) is 4.74 Å². The van der Waals surface area contributed by atoms with Crippen LogP contribution >= 0.6 is 0 Å². The van der Waals surface area contributed by atoms with E-state index in [2.05, 4.69) is 15.4 Å². The Labute approximate surface area is 200 Å². The highest BCUT2D eigenvalue weighted by molar-refractivity contribution is 5.99. The summed E-state index contributed by atoms with van der Waals surface area (Å²) >= 11 is 0. The van der Waals surface area contributed by atoms with E-state index >= 15 is 0 Å². The van der Waals surface area contributed by atoms with Crippen LogP contribution in [-0.4, -0.2) is 45.4 Å². The molecule has 2 aromatic heterocycles. The minimum Gasteiger partial charge on any atom is -0.496 e. The number of halogens is 3. The molecule has 0 radical (unpaired) electrons. The van der Waals surface area contributed by atoms with Gasteiger partial charge in [-0.05, 0) is 37.0 Å². The van der Waals surface area contributed by atoms with Crippen LogP contribution in [0.2, 0.25) is 0 Å². The van der Waals surface area contributed by atoms with Gasteiger partial charge < -0.3 is 15.0 Å². The summed E-state index contributed by atoms with van der Waals surface area (Å²) in [5.74, 6) is 0.225. The van der Waals surface area contributed by atoms with Crippen LogP contribution in [0.1, 0.15) is 65.3 Å². The van der Waals surface area contributed by atoms with Crippen LogP contribution < -0.4 is 10.1 Å². The third-order valence-corrected chi connectivity index (χ3v) is 6.82. The molecule has 3 aromatic rings. The van der Waals surface area contributed by atoms with Gasteiger partial charge in [-0.2, -0.15) is 18.3 Å². The largest absolute Gasteiger partial charge is 0.496 e. The summed E-state index contributed by atoms with van der Waals surface area (Å²) in [4.78, 5) is 19.7. The molecule has 0 unspecified atom stereocenters. The lowest BCUT2D eigenvalue weighted by atomic mass is 9.94. The number of likely N-dealkylation sites (tertiary alicyclic amines) is 1. The lowest BCUT2D eigenvalue weighted by molar-refractivity contribution is -0.173. The molecular formula is C25H26F3N5O2. The topological polar surface area (TPSA) is 72.3 Å². The molecule has 0 aliphatic carbocycles. The van der Waals surface area contributed by atoms with Crippen LogP contribution in [0.15, 0.2) is 55.0 Å². The predicted octanol–water partition coefficient (Wildman–Crippen LogP) is 5.31. The molecule has 35 heavy (non-hydrogen) atoms. The van der Waals surface area contributed by atoms with Gasteiger partial charge in [0.1, 0.15) is 17.1 Å². The molecule has 3 atom stereocenters. The van der Waals surface area contributed by atoms with Crippen molar-refractivity contribution in [3.63, 3.8) is 0 Å². The third-order valence-electron chi connectivity index (χ3n) is 6.82. The van der Waals surface area contributed by atoms with Crippen molar-refractivity contribution >= 4 is 11.7 Å². The first kappa shape index (κ1) is 23.2. The SMILES string of the molecule is COc1ccccc1[C@H]1C[C@@H](C(F)(F)F)n2ncc(C(=O)N3CCCC[C@@H]3c3cccnc3)c2N1. The first-order chi connectivity index (χ1) is 16.9. The number of ether oxygens (including phenoxy) is 1. The zero-order valence-corrected chi connectivity index (χ0v) is 19.2. The Hall–Kier alpha value is -3.56. The van der Waals surface area contributed by atoms with Gasteiger partial charge in [0.15, 0.2) is 6.04 Å². The fourth-order valence-electron chi connectivity index (χ4n) is 5.13. The number of amides is 1. The van der Waals surface area contributed by atoms with Crippen molar-refractivity contribution in [2.24, 2.45) is 0 Å². The molecule has 2 aliphatic heterocycles. The summed E-state index contributed by atoms with van der Waals surface area (Å²) in [6.07, 6.45) is 2.41. The van der Waals surface area contributed by atoms with E-state index in [1.54, 1.807) is 41.6 Å². The van der Waals surface area contributed by atoms with Crippen molar-refractivity contribution in [3.8, 4) is 5.75 Å². The summed E-state index contributed by atoms with van der Waals surface area (Å²) in [5, 5.41) is 7.21. The highest BCUT2D eigenvalue weighted by atomic mass is 19.4. The van der Waals surface area contributed by atoms with Gasteiger partial charge in [-0.25, -0.2) is 4.68 Å². The number of aromatic nitrogens is 3. The first-order valence-corrected chi connectivity index (χ1v) is 11.6. The fraction of sp³-hybridized carbons (Fsp3) is 0.400. The highest BCUT2D eigenvalue weighted by Crippen LogP contribution is 2.46. The van der Waals surface area contributed by atoms with Gasteiger partial charge >= 0.3 is 6.18 Å². The zero-order chi connectivity index (χ0) is 24.6. The quantitative estimate of drug-likeness (QED) is 0.542. The van der Waals surface area contributed by atoms with Gasteiger partial charge in [-0.3, -0.25) is 9.78 Å². The summed E-state index contributed by atoms with van der Waals surface area (Å²) in [7, 11) is 1.48. The minimum absolute atomic E-state index is 0.0787. The van der Waals surface area contributed by atoms with Crippen molar-refractivity contribution in [3.05, 3.63) is 71.7 Å². The number of rotatable bonds is 4. The number of benzene rings is 1. The number of pyridine rings is 1. The van der Waals surface area contributed by atoms with Gasteiger partial charge in [0, 0.05) is 30.9 Å². The van der Waals surface area contributed by atoms with E-state index in [0.29, 0.717) is 17.9 Å². The number of alkyl halides is 3. The maximum atomic E-state index is 14.1. The molecule has 0 spiro atoms. The molecule has 7 nitrogen and oxygen atoms in total. The summed E-state index contributed by atoms with van der Waals surface area (Å²) < 4.78 is 48.7. The van der Waals surface area contributed by atoms with Crippen LogP contribution in [-0.2, 0) is 0 Å². The van der Waals surface area contributed by atoms with Gasteiger partial charge in [-0.1, -0.05) is 24.3 Å². The molecule has 10 heteroatoms. The maximum Gasteiger partial charge on any atom is 0.410 e. The summed E-state index contributed by atoms with van der Waals surface area (Å²) in [6, 6.07) is 7.95. The Morgan fingerprint density at radius 3 is 2.71 bits per heavy atom. The van der Waals surface area contributed by atoms with Crippen molar-refractivity contribution in [2.45, 2.75) is 50.0 Å². The second kappa shape index (κ2) is 9.24. The number of piperidine rings is 1. The maximum absolute atomic E-state index is 14.1.